The van der Waals surface area contributed by atoms with Crippen molar-refractivity contribution in [1.82, 2.24) is 0 Å². The average Bonchev–Trinajstić information content (AvgIpc) is 2.24. The lowest BCUT2D eigenvalue weighted by Crippen LogP contribution is -2.21. The first-order chi connectivity index (χ1) is 8.13. The third-order valence-corrected chi connectivity index (χ3v) is 4.33. The van der Waals surface area contributed by atoms with Gasteiger partial charge < -0.3 is 4.74 Å². The van der Waals surface area contributed by atoms with Gasteiger partial charge in [0.1, 0.15) is 11.0 Å². The Morgan fingerprint density at radius 1 is 1.11 bits per heavy atom. The summed E-state index contributed by atoms with van der Waals surface area (Å²) in [5.41, 5.74) is 0.0379. The number of benzene rings is 1. The van der Waals surface area contributed by atoms with E-state index in [1.165, 1.54) is 31.4 Å². The van der Waals surface area contributed by atoms with Gasteiger partial charge in [-0.25, -0.2) is 0 Å². The van der Waals surface area contributed by atoms with Gasteiger partial charge in [-0.2, -0.15) is 16.8 Å². The molecule has 1 aromatic carbocycles. The van der Waals surface area contributed by atoms with Gasteiger partial charge in [-0.1, -0.05) is 12.1 Å². The topological polar surface area (TPSA) is 118 Å². The van der Waals surface area contributed by atoms with Crippen LogP contribution in [-0.4, -0.2) is 38.8 Å². The Bertz CT molecular complexity index is 601. The monoisotopic (exact) mass is 296 g/mol. The number of hydrogen-bond acceptors (Lipinski definition) is 5. The third kappa shape index (κ3) is 4.26. The van der Waals surface area contributed by atoms with Crippen molar-refractivity contribution in [3.8, 4) is 5.75 Å². The van der Waals surface area contributed by atoms with Crippen molar-refractivity contribution in [2.45, 2.75) is 5.25 Å². The van der Waals surface area contributed by atoms with E-state index in [4.69, 9.17) is 13.8 Å². The summed E-state index contributed by atoms with van der Waals surface area (Å²) in [4.78, 5) is 0. The highest BCUT2D eigenvalue weighted by Crippen LogP contribution is 2.25. The van der Waals surface area contributed by atoms with E-state index >= 15 is 0 Å². The first-order valence-electron chi connectivity index (χ1n) is 4.69. The zero-order valence-corrected chi connectivity index (χ0v) is 11.0. The van der Waals surface area contributed by atoms with Gasteiger partial charge >= 0.3 is 0 Å². The predicted molar refractivity (Wildman–Crippen MR) is 63.7 cm³/mol. The fourth-order valence-electron chi connectivity index (χ4n) is 1.36. The molecule has 0 spiro atoms. The minimum absolute atomic E-state index is 0.0379. The molecule has 1 aromatic rings. The van der Waals surface area contributed by atoms with Gasteiger partial charge in [0, 0.05) is 0 Å². The Morgan fingerprint density at radius 2 is 1.61 bits per heavy atom. The normalized spacial score (nSPS) is 14.2. The van der Waals surface area contributed by atoms with Gasteiger partial charge in [0.2, 0.25) is 0 Å². The van der Waals surface area contributed by atoms with Crippen LogP contribution < -0.4 is 4.74 Å². The highest BCUT2D eigenvalue weighted by molar-refractivity contribution is 7.89. The number of methoxy groups -OCH3 is 1. The molecule has 102 valence electrons. The average molecular weight is 296 g/mol. The van der Waals surface area contributed by atoms with Crippen molar-refractivity contribution in [2.24, 2.45) is 0 Å². The number of rotatable bonds is 5. The second-order valence-corrected chi connectivity index (χ2v) is 6.62. The molecule has 0 aliphatic rings. The predicted octanol–water partition coefficient (Wildman–Crippen LogP) is 0.512. The van der Waals surface area contributed by atoms with E-state index in [9.17, 15) is 16.8 Å². The van der Waals surface area contributed by atoms with Crippen molar-refractivity contribution >= 4 is 20.2 Å². The molecule has 1 rings (SSSR count). The van der Waals surface area contributed by atoms with Crippen LogP contribution in [0.25, 0.3) is 0 Å². The van der Waals surface area contributed by atoms with Crippen LogP contribution in [0.1, 0.15) is 10.8 Å². The SMILES string of the molecule is COc1ccc(C(CS(=O)(=O)O)S(=O)(=O)O)cc1. The van der Waals surface area contributed by atoms with Gasteiger partial charge in [-0.05, 0) is 17.7 Å². The molecule has 1 atom stereocenters. The van der Waals surface area contributed by atoms with E-state index in [1.54, 1.807) is 0 Å². The minimum atomic E-state index is -4.65. The Morgan fingerprint density at radius 3 is 1.94 bits per heavy atom. The molecule has 0 amide bonds. The Kier molecular flexibility index (Phi) is 4.32. The lowest BCUT2D eigenvalue weighted by Gasteiger charge is -2.13. The van der Waals surface area contributed by atoms with E-state index in [-0.39, 0.29) is 5.56 Å². The van der Waals surface area contributed by atoms with Crippen LogP contribution in [0.3, 0.4) is 0 Å². The largest absolute Gasteiger partial charge is 0.497 e. The van der Waals surface area contributed by atoms with Crippen molar-refractivity contribution in [2.75, 3.05) is 12.9 Å². The lowest BCUT2D eigenvalue weighted by atomic mass is 10.1. The first-order valence-corrected chi connectivity index (χ1v) is 7.80. The Hall–Kier alpha value is -1.16. The van der Waals surface area contributed by atoms with Crippen LogP contribution in [-0.2, 0) is 20.2 Å². The van der Waals surface area contributed by atoms with Gasteiger partial charge in [0.25, 0.3) is 20.2 Å². The number of ether oxygens (including phenoxy) is 1. The van der Waals surface area contributed by atoms with Crippen molar-refractivity contribution in [1.29, 1.82) is 0 Å². The van der Waals surface area contributed by atoms with Crippen molar-refractivity contribution in [3.63, 3.8) is 0 Å². The molecular weight excluding hydrogens is 284 g/mol. The van der Waals surface area contributed by atoms with Crippen LogP contribution in [0, 0.1) is 0 Å². The molecular formula is C9H12O7S2. The first kappa shape index (κ1) is 14.9. The van der Waals surface area contributed by atoms with Gasteiger partial charge in [0.15, 0.2) is 0 Å². The maximum Gasteiger partial charge on any atom is 0.273 e. The summed E-state index contributed by atoms with van der Waals surface area (Å²) in [5.74, 6) is -0.669. The van der Waals surface area contributed by atoms with Crippen LogP contribution in [0.4, 0.5) is 0 Å². The van der Waals surface area contributed by atoms with Gasteiger partial charge in [-0.15, -0.1) is 0 Å². The molecule has 0 aromatic heterocycles. The molecule has 0 saturated carbocycles. The molecule has 1 unspecified atom stereocenters. The molecule has 0 heterocycles. The summed E-state index contributed by atoms with van der Waals surface area (Å²) >= 11 is 0. The van der Waals surface area contributed by atoms with Crippen molar-refractivity contribution < 1.29 is 30.7 Å². The summed E-state index contributed by atoms with van der Waals surface area (Å²) in [6.45, 7) is 0. The lowest BCUT2D eigenvalue weighted by molar-refractivity contribution is 0.414. The van der Waals surface area contributed by atoms with Gasteiger partial charge in [0.05, 0.1) is 12.9 Å². The van der Waals surface area contributed by atoms with Crippen LogP contribution in [0.2, 0.25) is 0 Å². The van der Waals surface area contributed by atoms with E-state index in [0.717, 1.165) is 0 Å². The summed E-state index contributed by atoms with van der Waals surface area (Å²) in [5, 5.41) is -1.74. The maximum absolute atomic E-state index is 11.1. The Balaban J connectivity index is 3.18. The zero-order chi connectivity index (χ0) is 14.0. The van der Waals surface area contributed by atoms with E-state index in [0.29, 0.717) is 5.75 Å². The fraction of sp³-hybridized carbons (Fsp3) is 0.333. The zero-order valence-electron chi connectivity index (χ0n) is 9.35. The van der Waals surface area contributed by atoms with Crippen LogP contribution in [0.5, 0.6) is 5.75 Å². The quantitative estimate of drug-likeness (QED) is 0.760. The standard InChI is InChI=1S/C9H12O7S2/c1-16-8-4-2-7(3-5-8)9(18(13,14)15)6-17(10,11)12/h2-5,9H,6H2,1H3,(H,10,11,12)(H,13,14,15). The van der Waals surface area contributed by atoms with Gasteiger partial charge in [-0.3, -0.25) is 9.11 Å². The van der Waals surface area contributed by atoms with E-state index in [2.05, 4.69) is 0 Å². The van der Waals surface area contributed by atoms with Crippen LogP contribution >= 0.6 is 0 Å². The Labute approximate surface area is 105 Å². The third-order valence-electron chi connectivity index (χ3n) is 2.21. The molecule has 0 aliphatic carbocycles. The molecule has 0 bridgehead atoms. The second-order valence-electron chi connectivity index (χ2n) is 3.53. The highest BCUT2D eigenvalue weighted by atomic mass is 32.2. The summed E-state index contributed by atoms with van der Waals surface area (Å²) < 4.78 is 66.2. The summed E-state index contributed by atoms with van der Waals surface area (Å²) in [6.07, 6.45) is 0. The smallest absolute Gasteiger partial charge is 0.273 e. The van der Waals surface area contributed by atoms with E-state index < -0.39 is 31.2 Å². The van der Waals surface area contributed by atoms with Crippen LogP contribution in [0.15, 0.2) is 24.3 Å². The molecule has 0 fully saturated rings. The minimum Gasteiger partial charge on any atom is -0.497 e. The molecule has 0 radical (unpaired) electrons. The summed E-state index contributed by atoms with van der Waals surface area (Å²) in [6, 6.07) is 5.42. The molecule has 18 heavy (non-hydrogen) atoms. The molecule has 0 aliphatic heterocycles. The maximum atomic E-state index is 11.1. The molecule has 9 heteroatoms. The highest BCUT2D eigenvalue weighted by Gasteiger charge is 2.30. The summed E-state index contributed by atoms with van der Waals surface area (Å²) in [7, 11) is -7.78. The molecule has 2 N–H and O–H groups in total. The number of hydrogen-bond donors (Lipinski definition) is 2. The molecule has 0 saturated heterocycles. The fourth-order valence-corrected chi connectivity index (χ4v) is 3.64. The van der Waals surface area contributed by atoms with E-state index in [1.807, 2.05) is 0 Å². The van der Waals surface area contributed by atoms with Crippen molar-refractivity contribution in [3.05, 3.63) is 29.8 Å². The second kappa shape index (κ2) is 5.22. The molecule has 7 nitrogen and oxygen atoms in total.